The van der Waals surface area contributed by atoms with Crippen molar-refractivity contribution in [2.24, 2.45) is 0 Å². The third-order valence-electron chi connectivity index (χ3n) is 4.18. The topological polar surface area (TPSA) is 58.2 Å². The van der Waals surface area contributed by atoms with Crippen molar-refractivity contribution in [3.63, 3.8) is 0 Å². The summed E-state index contributed by atoms with van der Waals surface area (Å²) in [5.74, 6) is 0.373. The van der Waals surface area contributed by atoms with Gasteiger partial charge in [0.15, 0.2) is 0 Å². The second kappa shape index (κ2) is 10.0. The Labute approximate surface area is 159 Å². The van der Waals surface area contributed by atoms with Crippen molar-refractivity contribution in [1.82, 2.24) is 5.32 Å². The fourth-order valence-corrected chi connectivity index (χ4v) is 2.98. The Morgan fingerprint density at radius 2 is 1.69 bits per heavy atom. The van der Waals surface area contributed by atoms with Crippen LogP contribution in [-0.4, -0.2) is 29.9 Å². The van der Waals surface area contributed by atoms with Gasteiger partial charge in [-0.3, -0.25) is 9.59 Å². The van der Waals surface area contributed by atoms with Crippen LogP contribution < -0.4 is 10.6 Å². The summed E-state index contributed by atoms with van der Waals surface area (Å²) < 4.78 is 0. The van der Waals surface area contributed by atoms with Gasteiger partial charge in [-0.05, 0) is 61.6 Å². The van der Waals surface area contributed by atoms with Gasteiger partial charge in [-0.1, -0.05) is 36.8 Å². The predicted molar refractivity (Wildman–Crippen MR) is 110 cm³/mol. The molecule has 1 atom stereocenters. The molecular formula is C21H26N2O2S. The summed E-state index contributed by atoms with van der Waals surface area (Å²) >= 11 is 1.65. The van der Waals surface area contributed by atoms with E-state index in [0.29, 0.717) is 12.0 Å². The summed E-state index contributed by atoms with van der Waals surface area (Å²) in [7, 11) is 0. The van der Waals surface area contributed by atoms with Gasteiger partial charge in [0.05, 0.1) is 0 Å². The molecule has 0 aliphatic carbocycles. The summed E-state index contributed by atoms with van der Waals surface area (Å²) in [5.41, 5.74) is 3.61. The highest BCUT2D eigenvalue weighted by Gasteiger charge is 2.21. The van der Waals surface area contributed by atoms with Crippen LogP contribution in [0.15, 0.2) is 48.5 Å². The molecule has 2 N–H and O–H groups in total. The lowest BCUT2D eigenvalue weighted by atomic mass is 10.1. The minimum absolute atomic E-state index is 0.191. The fraction of sp³-hybridized carbons (Fsp3) is 0.333. The van der Waals surface area contributed by atoms with Gasteiger partial charge in [0.1, 0.15) is 6.04 Å². The van der Waals surface area contributed by atoms with Crippen LogP contribution in [0.3, 0.4) is 0 Å². The van der Waals surface area contributed by atoms with Crippen molar-refractivity contribution in [2.45, 2.75) is 32.7 Å². The first-order valence-electron chi connectivity index (χ1n) is 8.79. The van der Waals surface area contributed by atoms with E-state index in [1.807, 2.05) is 49.6 Å². The predicted octanol–water partition coefficient (Wildman–Crippen LogP) is 4.05. The molecule has 0 heterocycles. The molecule has 0 radical (unpaired) electrons. The number of rotatable bonds is 8. The molecule has 0 spiro atoms. The van der Waals surface area contributed by atoms with E-state index in [1.165, 1.54) is 5.56 Å². The van der Waals surface area contributed by atoms with E-state index >= 15 is 0 Å². The van der Waals surface area contributed by atoms with Crippen LogP contribution in [0.4, 0.5) is 5.69 Å². The zero-order chi connectivity index (χ0) is 18.9. The van der Waals surface area contributed by atoms with Gasteiger partial charge in [0, 0.05) is 11.3 Å². The van der Waals surface area contributed by atoms with Gasteiger partial charge in [0.2, 0.25) is 5.91 Å². The van der Waals surface area contributed by atoms with Crippen LogP contribution in [0.2, 0.25) is 0 Å². The molecule has 0 aliphatic rings. The average Bonchev–Trinajstić information content (AvgIpc) is 2.66. The van der Waals surface area contributed by atoms with E-state index in [9.17, 15) is 9.59 Å². The number of amides is 2. The van der Waals surface area contributed by atoms with Gasteiger partial charge in [0.25, 0.3) is 5.91 Å². The largest absolute Gasteiger partial charge is 0.340 e. The molecule has 2 rings (SSSR count). The average molecular weight is 371 g/mol. The van der Waals surface area contributed by atoms with Crippen molar-refractivity contribution in [2.75, 3.05) is 17.3 Å². The van der Waals surface area contributed by atoms with Gasteiger partial charge < -0.3 is 10.6 Å². The molecule has 0 saturated heterocycles. The summed E-state index contributed by atoms with van der Waals surface area (Å²) in [4.78, 5) is 25.1. The van der Waals surface area contributed by atoms with Gasteiger partial charge in [-0.2, -0.15) is 11.8 Å². The van der Waals surface area contributed by atoms with Crippen molar-refractivity contribution < 1.29 is 9.59 Å². The monoisotopic (exact) mass is 370 g/mol. The maximum atomic E-state index is 12.7. The van der Waals surface area contributed by atoms with Gasteiger partial charge in [-0.15, -0.1) is 0 Å². The van der Waals surface area contributed by atoms with Crippen LogP contribution in [-0.2, 0) is 11.2 Å². The molecule has 0 bridgehead atoms. The normalized spacial score (nSPS) is 11.7. The molecule has 0 saturated carbocycles. The highest BCUT2D eigenvalue weighted by molar-refractivity contribution is 7.98. The fourth-order valence-electron chi connectivity index (χ4n) is 2.50. The molecule has 5 heteroatoms. The van der Waals surface area contributed by atoms with Gasteiger partial charge in [-0.25, -0.2) is 0 Å². The number of aryl methyl sites for hydroxylation is 2. The smallest absolute Gasteiger partial charge is 0.251 e. The third kappa shape index (κ3) is 5.92. The molecule has 2 amide bonds. The van der Waals surface area contributed by atoms with E-state index < -0.39 is 6.04 Å². The van der Waals surface area contributed by atoms with E-state index in [0.717, 1.165) is 23.4 Å². The van der Waals surface area contributed by atoms with E-state index in [1.54, 1.807) is 23.9 Å². The second-order valence-corrected chi connectivity index (χ2v) is 7.20. The summed E-state index contributed by atoms with van der Waals surface area (Å²) in [6, 6.07) is 14.5. The molecule has 1 unspecified atom stereocenters. The molecule has 4 nitrogen and oxygen atoms in total. The van der Waals surface area contributed by atoms with Crippen molar-refractivity contribution in [1.29, 1.82) is 0 Å². The Hall–Kier alpha value is -2.27. The third-order valence-corrected chi connectivity index (χ3v) is 4.82. The summed E-state index contributed by atoms with van der Waals surface area (Å²) in [6.07, 6.45) is 3.52. The number of benzene rings is 2. The quantitative estimate of drug-likeness (QED) is 0.737. The number of anilines is 1. The first-order chi connectivity index (χ1) is 12.5. The van der Waals surface area contributed by atoms with Crippen LogP contribution in [0.5, 0.6) is 0 Å². The molecular weight excluding hydrogens is 344 g/mol. The first-order valence-corrected chi connectivity index (χ1v) is 10.2. The molecule has 26 heavy (non-hydrogen) atoms. The van der Waals surface area contributed by atoms with Gasteiger partial charge >= 0.3 is 0 Å². The van der Waals surface area contributed by atoms with Crippen LogP contribution >= 0.6 is 11.8 Å². The number of thioether (sulfide) groups is 1. The SMILES string of the molecule is CCc1ccc(NC(=O)C(CCSC)NC(=O)c2ccc(C)cc2)cc1. The van der Waals surface area contributed by atoms with Crippen LogP contribution in [0.1, 0.15) is 34.8 Å². The number of carbonyl (C=O) groups excluding carboxylic acids is 2. The minimum Gasteiger partial charge on any atom is -0.340 e. The molecule has 0 aliphatic heterocycles. The molecule has 0 aromatic heterocycles. The molecule has 138 valence electrons. The van der Waals surface area contributed by atoms with E-state index in [4.69, 9.17) is 0 Å². The number of hydrogen-bond acceptors (Lipinski definition) is 3. The molecule has 0 fully saturated rings. The Kier molecular flexibility index (Phi) is 7.73. The zero-order valence-corrected chi connectivity index (χ0v) is 16.4. The van der Waals surface area contributed by atoms with Crippen molar-refractivity contribution in [3.05, 3.63) is 65.2 Å². The van der Waals surface area contributed by atoms with Crippen LogP contribution in [0.25, 0.3) is 0 Å². The lowest BCUT2D eigenvalue weighted by Gasteiger charge is -2.18. The lowest BCUT2D eigenvalue weighted by Crippen LogP contribution is -2.44. The Morgan fingerprint density at radius 3 is 2.27 bits per heavy atom. The standard InChI is InChI=1S/C21H26N2O2S/c1-4-16-7-11-18(12-8-16)22-21(25)19(13-14-26-3)23-20(24)17-9-5-15(2)6-10-17/h5-12,19H,4,13-14H2,1-3H3,(H,22,25)(H,23,24). The van der Waals surface area contributed by atoms with E-state index in [-0.39, 0.29) is 11.8 Å². The summed E-state index contributed by atoms with van der Waals surface area (Å²) in [5, 5.41) is 5.77. The molecule has 2 aromatic carbocycles. The Balaban J connectivity index is 2.05. The van der Waals surface area contributed by atoms with E-state index in [2.05, 4.69) is 17.6 Å². The first kappa shape index (κ1) is 20.0. The maximum absolute atomic E-state index is 12.7. The highest BCUT2D eigenvalue weighted by Crippen LogP contribution is 2.12. The van der Waals surface area contributed by atoms with Crippen molar-refractivity contribution in [3.8, 4) is 0 Å². The molecule has 2 aromatic rings. The number of hydrogen-bond donors (Lipinski definition) is 2. The van der Waals surface area contributed by atoms with Crippen molar-refractivity contribution >= 4 is 29.3 Å². The maximum Gasteiger partial charge on any atom is 0.251 e. The number of nitrogens with one attached hydrogen (secondary N) is 2. The number of carbonyl (C=O) groups is 2. The Bertz CT molecular complexity index is 727. The minimum atomic E-state index is -0.567. The highest BCUT2D eigenvalue weighted by atomic mass is 32.2. The second-order valence-electron chi connectivity index (χ2n) is 6.21. The lowest BCUT2D eigenvalue weighted by molar-refractivity contribution is -0.118. The Morgan fingerprint density at radius 1 is 1.04 bits per heavy atom. The zero-order valence-electron chi connectivity index (χ0n) is 15.5. The van der Waals surface area contributed by atoms with Crippen LogP contribution in [0, 0.1) is 6.92 Å². The summed E-state index contributed by atoms with van der Waals surface area (Å²) in [6.45, 7) is 4.06.